The van der Waals surface area contributed by atoms with Crippen LogP contribution in [-0.4, -0.2) is 11.5 Å². The standard InChI is InChI=1S/C17H13NO5/c1-2-22-13-7-8-16-14(9-13)15(19)10-17(23-16)11-3-5-12(6-4-11)18(20)21/h3-10H,2H2,1H3. The molecule has 1 aromatic heterocycles. The number of rotatable bonds is 4. The van der Waals surface area contributed by atoms with Crippen LogP contribution in [0.2, 0.25) is 0 Å². The number of nitro benzene ring substituents is 1. The van der Waals surface area contributed by atoms with Gasteiger partial charge in [0.25, 0.3) is 5.69 Å². The van der Waals surface area contributed by atoms with Gasteiger partial charge in [-0.1, -0.05) is 0 Å². The monoisotopic (exact) mass is 311 g/mol. The van der Waals surface area contributed by atoms with E-state index in [9.17, 15) is 14.9 Å². The van der Waals surface area contributed by atoms with E-state index in [1.165, 1.54) is 18.2 Å². The predicted molar refractivity (Wildman–Crippen MR) is 85.7 cm³/mol. The zero-order valence-corrected chi connectivity index (χ0v) is 12.3. The summed E-state index contributed by atoms with van der Waals surface area (Å²) >= 11 is 0. The van der Waals surface area contributed by atoms with Crippen LogP contribution in [0, 0.1) is 10.1 Å². The first-order chi connectivity index (χ1) is 11.1. The lowest BCUT2D eigenvalue weighted by atomic mass is 10.1. The maximum atomic E-state index is 12.3. The van der Waals surface area contributed by atoms with Crippen molar-refractivity contribution in [2.24, 2.45) is 0 Å². The Labute approximate surface area is 131 Å². The van der Waals surface area contributed by atoms with E-state index < -0.39 is 4.92 Å². The molecule has 0 radical (unpaired) electrons. The Bertz CT molecular complexity index is 928. The van der Waals surface area contributed by atoms with Crippen LogP contribution in [-0.2, 0) is 0 Å². The van der Waals surface area contributed by atoms with Gasteiger partial charge in [-0.05, 0) is 37.3 Å². The van der Waals surface area contributed by atoms with Crippen LogP contribution in [0.3, 0.4) is 0 Å². The molecule has 1 heterocycles. The number of nitrogens with zero attached hydrogens (tertiary/aromatic N) is 1. The van der Waals surface area contributed by atoms with Crippen molar-refractivity contribution in [1.29, 1.82) is 0 Å². The highest BCUT2D eigenvalue weighted by Gasteiger charge is 2.10. The Hall–Kier alpha value is -3.15. The maximum absolute atomic E-state index is 12.3. The van der Waals surface area contributed by atoms with Crippen molar-refractivity contribution in [2.75, 3.05) is 6.61 Å². The number of ether oxygens (including phenoxy) is 1. The molecule has 116 valence electrons. The van der Waals surface area contributed by atoms with Crippen LogP contribution in [0.1, 0.15) is 6.92 Å². The van der Waals surface area contributed by atoms with Crippen molar-refractivity contribution in [1.82, 2.24) is 0 Å². The van der Waals surface area contributed by atoms with E-state index in [4.69, 9.17) is 9.15 Å². The second-order valence-corrected chi connectivity index (χ2v) is 4.87. The highest BCUT2D eigenvalue weighted by atomic mass is 16.6. The number of hydrogen-bond acceptors (Lipinski definition) is 5. The van der Waals surface area contributed by atoms with Gasteiger partial charge in [-0.25, -0.2) is 0 Å². The van der Waals surface area contributed by atoms with Gasteiger partial charge < -0.3 is 9.15 Å². The van der Waals surface area contributed by atoms with Crippen molar-refractivity contribution in [3.63, 3.8) is 0 Å². The minimum absolute atomic E-state index is 0.0155. The SMILES string of the molecule is CCOc1ccc2oc(-c3ccc([N+](=O)[O-])cc3)cc(=O)c2c1. The molecule has 0 bridgehead atoms. The molecular formula is C17H13NO5. The van der Waals surface area contributed by atoms with Gasteiger partial charge in [0, 0.05) is 23.8 Å². The Balaban J connectivity index is 2.07. The van der Waals surface area contributed by atoms with Crippen LogP contribution >= 0.6 is 0 Å². The van der Waals surface area contributed by atoms with Crippen LogP contribution in [0.25, 0.3) is 22.3 Å². The third-order valence-electron chi connectivity index (χ3n) is 3.37. The van der Waals surface area contributed by atoms with E-state index in [1.807, 2.05) is 6.92 Å². The molecule has 2 aromatic carbocycles. The summed E-state index contributed by atoms with van der Waals surface area (Å²) in [4.78, 5) is 22.5. The van der Waals surface area contributed by atoms with Crippen LogP contribution in [0.15, 0.2) is 57.7 Å². The molecule has 0 aliphatic carbocycles. The Kier molecular flexibility index (Phi) is 3.80. The molecule has 0 amide bonds. The first kappa shape index (κ1) is 14.8. The van der Waals surface area contributed by atoms with Crippen molar-refractivity contribution in [2.45, 2.75) is 6.92 Å². The van der Waals surface area contributed by atoms with Crippen molar-refractivity contribution < 1.29 is 14.1 Å². The minimum Gasteiger partial charge on any atom is -0.494 e. The Morgan fingerprint density at radius 1 is 1.13 bits per heavy atom. The summed E-state index contributed by atoms with van der Waals surface area (Å²) in [5.74, 6) is 0.969. The zero-order valence-electron chi connectivity index (χ0n) is 12.3. The van der Waals surface area contributed by atoms with Gasteiger partial charge in [0.1, 0.15) is 17.1 Å². The summed E-state index contributed by atoms with van der Waals surface area (Å²) in [5, 5.41) is 11.1. The third-order valence-corrected chi connectivity index (χ3v) is 3.37. The van der Waals surface area contributed by atoms with Crippen molar-refractivity contribution >= 4 is 16.7 Å². The lowest BCUT2D eigenvalue weighted by molar-refractivity contribution is -0.384. The summed E-state index contributed by atoms with van der Waals surface area (Å²) in [6.07, 6.45) is 0. The van der Waals surface area contributed by atoms with E-state index in [2.05, 4.69) is 0 Å². The average Bonchev–Trinajstić information content (AvgIpc) is 2.55. The fourth-order valence-corrected chi connectivity index (χ4v) is 2.28. The van der Waals surface area contributed by atoms with Crippen LogP contribution in [0.4, 0.5) is 5.69 Å². The molecule has 6 heteroatoms. The summed E-state index contributed by atoms with van der Waals surface area (Å²) in [6.45, 7) is 2.38. The molecule has 3 rings (SSSR count). The molecule has 0 aliphatic rings. The first-order valence-corrected chi connectivity index (χ1v) is 7.04. The highest BCUT2D eigenvalue weighted by Crippen LogP contribution is 2.26. The van der Waals surface area contributed by atoms with Crippen LogP contribution in [0.5, 0.6) is 5.75 Å². The largest absolute Gasteiger partial charge is 0.494 e. The topological polar surface area (TPSA) is 82.6 Å². The summed E-state index contributed by atoms with van der Waals surface area (Å²) in [6, 6.07) is 12.3. The van der Waals surface area contributed by atoms with Gasteiger partial charge in [0.05, 0.1) is 16.9 Å². The summed E-state index contributed by atoms with van der Waals surface area (Å²) < 4.78 is 11.1. The molecule has 0 unspecified atom stereocenters. The maximum Gasteiger partial charge on any atom is 0.269 e. The Morgan fingerprint density at radius 3 is 2.52 bits per heavy atom. The molecular weight excluding hydrogens is 298 g/mol. The van der Waals surface area contributed by atoms with Crippen LogP contribution < -0.4 is 10.2 Å². The van der Waals surface area contributed by atoms with E-state index in [0.29, 0.717) is 34.6 Å². The minimum atomic E-state index is -0.477. The fraction of sp³-hybridized carbons (Fsp3) is 0.118. The summed E-state index contributed by atoms with van der Waals surface area (Å²) in [7, 11) is 0. The molecule has 3 aromatic rings. The second kappa shape index (κ2) is 5.92. The van der Waals surface area contributed by atoms with Gasteiger partial charge >= 0.3 is 0 Å². The fourth-order valence-electron chi connectivity index (χ4n) is 2.28. The van der Waals surface area contributed by atoms with Crippen molar-refractivity contribution in [3.8, 4) is 17.1 Å². The van der Waals surface area contributed by atoms with Crippen molar-refractivity contribution in [3.05, 3.63) is 68.9 Å². The number of benzene rings is 2. The molecule has 23 heavy (non-hydrogen) atoms. The normalized spacial score (nSPS) is 10.7. The highest BCUT2D eigenvalue weighted by molar-refractivity contribution is 5.80. The van der Waals surface area contributed by atoms with E-state index in [1.54, 1.807) is 30.3 Å². The quantitative estimate of drug-likeness (QED) is 0.541. The Morgan fingerprint density at radius 2 is 1.87 bits per heavy atom. The molecule has 0 N–H and O–H groups in total. The predicted octanol–water partition coefficient (Wildman–Crippen LogP) is 3.77. The molecule has 6 nitrogen and oxygen atoms in total. The number of non-ortho nitro benzene ring substituents is 1. The molecule has 0 fully saturated rings. The first-order valence-electron chi connectivity index (χ1n) is 7.04. The molecule has 0 spiro atoms. The van der Waals surface area contributed by atoms with Gasteiger partial charge in [-0.15, -0.1) is 0 Å². The number of nitro groups is 1. The molecule has 0 atom stereocenters. The van der Waals surface area contributed by atoms with Gasteiger partial charge in [0.15, 0.2) is 5.43 Å². The molecule has 0 saturated heterocycles. The zero-order chi connectivity index (χ0) is 16.4. The van der Waals surface area contributed by atoms with Gasteiger partial charge in [-0.2, -0.15) is 0 Å². The third kappa shape index (κ3) is 2.91. The number of hydrogen-bond donors (Lipinski definition) is 0. The smallest absolute Gasteiger partial charge is 0.269 e. The van der Waals surface area contributed by atoms with Gasteiger partial charge in [-0.3, -0.25) is 14.9 Å². The van der Waals surface area contributed by atoms with E-state index >= 15 is 0 Å². The van der Waals surface area contributed by atoms with E-state index in [-0.39, 0.29) is 11.1 Å². The van der Waals surface area contributed by atoms with E-state index in [0.717, 1.165) is 0 Å². The lowest BCUT2D eigenvalue weighted by Gasteiger charge is -2.06. The average molecular weight is 311 g/mol. The lowest BCUT2D eigenvalue weighted by Crippen LogP contribution is -2.01. The molecule has 0 saturated carbocycles. The summed E-state index contributed by atoms with van der Waals surface area (Å²) in [5.41, 5.74) is 0.831. The molecule has 0 aliphatic heterocycles. The van der Waals surface area contributed by atoms with Gasteiger partial charge in [0.2, 0.25) is 0 Å². The second-order valence-electron chi connectivity index (χ2n) is 4.87. The number of fused-ring (bicyclic) bond motifs is 1.